The lowest BCUT2D eigenvalue weighted by atomic mass is 10.4. The summed E-state index contributed by atoms with van der Waals surface area (Å²) in [7, 11) is 0.294. The Hall–Kier alpha value is -0.170. The molecule has 0 heterocycles. The molecule has 0 unspecified atom stereocenters. The van der Waals surface area contributed by atoms with E-state index in [0.29, 0.717) is 25.6 Å². The van der Waals surface area contributed by atoms with Crippen molar-refractivity contribution >= 4 is 10.2 Å². The summed E-state index contributed by atoms with van der Waals surface area (Å²) < 4.78 is 27.6. The Bertz CT molecular complexity index is 315. The van der Waals surface area contributed by atoms with Crippen molar-refractivity contribution in [3.05, 3.63) is 0 Å². The molecule has 1 aliphatic carbocycles. The third-order valence-corrected chi connectivity index (χ3v) is 5.16. The highest BCUT2D eigenvalue weighted by Gasteiger charge is 2.31. The van der Waals surface area contributed by atoms with Gasteiger partial charge in [-0.15, -0.1) is 0 Å². The van der Waals surface area contributed by atoms with Gasteiger partial charge in [0.1, 0.15) is 0 Å². The lowest BCUT2D eigenvalue weighted by Gasteiger charge is -2.26. The molecule has 5 nitrogen and oxygen atoms in total. The van der Waals surface area contributed by atoms with E-state index in [2.05, 4.69) is 5.32 Å². The fourth-order valence-corrected chi connectivity index (χ4v) is 3.25. The summed E-state index contributed by atoms with van der Waals surface area (Å²) in [5.74, 6) is 0.593. The van der Waals surface area contributed by atoms with Crippen molar-refractivity contribution in [1.82, 2.24) is 13.9 Å². The molecule has 1 fully saturated rings. The van der Waals surface area contributed by atoms with E-state index in [1.165, 1.54) is 17.1 Å². The molecule has 1 aliphatic rings. The highest BCUT2D eigenvalue weighted by Crippen LogP contribution is 2.30. The van der Waals surface area contributed by atoms with Gasteiger partial charge in [-0.05, 0) is 38.8 Å². The first kappa shape index (κ1) is 14.9. The lowest BCUT2D eigenvalue weighted by Crippen LogP contribution is -2.43. The van der Waals surface area contributed by atoms with Crippen molar-refractivity contribution in [2.75, 3.05) is 40.3 Å². The molecule has 0 radical (unpaired) electrons. The van der Waals surface area contributed by atoms with Gasteiger partial charge in [-0.1, -0.05) is 6.92 Å². The second-order valence-electron chi connectivity index (χ2n) is 4.68. The Labute approximate surface area is 105 Å². The van der Waals surface area contributed by atoms with Crippen LogP contribution in [0.4, 0.5) is 0 Å². The summed E-state index contributed by atoms with van der Waals surface area (Å²) in [5.41, 5.74) is 0. The number of hydrogen-bond acceptors (Lipinski definition) is 3. The minimum absolute atomic E-state index is 0.565. The normalized spacial score (nSPS) is 17.0. The molecule has 0 aromatic carbocycles. The van der Waals surface area contributed by atoms with E-state index in [-0.39, 0.29) is 0 Å². The quantitative estimate of drug-likeness (QED) is 0.617. The van der Waals surface area contributed by atoms with Crippen LogP contribution in [0.25, 0.3) is 0 Å². The average molecular weight is 263 g/mol. The summed E-state index contributed by atoms with van der Waals surface area (Å²) in [6.45, 7) is 4.57. The van der Waals surface area contributed by atoms with Crippen LogP contribution >= 0.6 is 0 Å². The number of rotatable bonds is 9. The van der Waals surface area contributed by atoms with Crippen molar-refractivity contribution < 1.29 is 8.42 Å². The van der Waals surface area contributed by atoms with E-state index in [0.717, 1.165) is 13.0 Å². The van der Waals surface area contributed by atoms with E-state index >= 15 is 0 Å². The lowest BCUT2D eigenvalue weighted by molar-refractivity contribution is 0.356. The molecule has 0 bridgehead atoms. The van der Waals surface area contributed by atoms with Crippen molar-refractivity contribution in [3.8, 4) is 0 Å². The molecule has 17 heavy (non-hydrogen) atoms. The van der Waals surface area contributed by atoms with Crippen molar-refractivity contribution in [2.45, 2.75) is 26.2 Å². The molecule has 0 aromatic rings. The molecule has 1 saturated carbocycles. The van der Waals surface area contributed by atoms with Gasteiger partial charge in [0.25, 0.3) is 10.2 Å². The van der Waals surface area contributed by atoms with Crippen LogP contribution in [0.3, 0.4) is 0 Å². The zero-order valence-electron chi connectivity index (χ0n) is 11.1. The zero-order valence-corrected chi connectivity index (χ0v) is 12.0. The Morgan fingerprint density at radius 3 is 2.47 bits per heavy atom. The van der Waals surface area contributed by atoms with Crippen LogP contribution in [0.15, 0.2) is 0 Å². The van der Waals surface area contributed by atoms with Crippen LogP contribution in [0.1, 0.15) is 26.2 Å². The summed E-state index contributed by atoms with van der Waals surface area (Å²) >= 11 is 0. The van der Waals surface area contributed by atoms with Gasteiger partial charge in [0, 0.05) is 26.7 Å². The highest BCUT2D eigenvalue weighted by atomic mass is 32.2. The molecule has 1 N–H and O–H groups in total. The molecule has 6 heteroatoms. The second-order valence-corrected chi connectivity index (χ2v) is 6.72. The average Bonchev–Trinajstić information content (AvgIpc) is 3.09. The first-order valence-corrected chi connectivity index (χ1v) is 7.78. The van der Waals surface area contributed by atoms with E-state index in [1.807, 2.05) is 14.0 Å². The first-order chi connectivity index (χ1) is 8.02. The number of nitrogens with one attached hydrogen (secondary N) is 1. The van der Waals surface area contributed by atoms with Crippen molar-refractivity contribution in [3.63, 3.8) is 0 Å². The number of nitrogens with zero attached hydrogens (tertiary/aromatic N) is 2. The van der Waals surface area contributed by atoms with Gasteiger partial charge in [0.2, 0.25) is 0 Å². The monoisotopic (exact) mass is 263 g/mol. The fraction of sp³-hybridized carbons (Fsp3) is 1.00. The maximum Gasteiger partial charge on any atom is 0.281 e. The molecule has 102 valence electrons. The summed E-state index contributed by atoms with van der Waals surface area (Å²) in [4.78, 5) is 0. The second kappa shape index (κ2) is 6.68. The molecule has 0 amide bonds. The third-order valence-electron chi connectivity index (χ3n) is 3.13. The molecule has 0 aromatic heterocycles. The van der Waals surface area contributed by atoms with Crippen LogP contribution in [0.5, 0.6) is 0 Å². The van der Waals surface area contributed by atoms with Crippen LogP contribution in [0, 0.1) is 5.92 Å². The Morgan fingerprint density at radius 2 is 2.00 bits per heavy atom. The highest BCUT2D eigenvalue weighted by molar-refractivity contribution is 7.86. The molecular formula is C11H25N3O2S. The van der Waals surface area contributed by atoms with Gasteiger partial charge in [0.05, 0.1) is 0 Å². The van der Waals surface area contributed by atoms with E-state index in [4.69, 9.17) is 0 Å². The Morgan fingerprint density at radius 1 is 1.35 bits per heavy atom. The van der Waals surface area contributed by atoms with Crippen molar-refractivity contribution in [2.24, 2.45) is 5.92 Å². The standard InChI is InChI=1S/C11H25N3O2S/c1-4-14(10-11-6-7-11)17(15,16)13(3)9-5-8-12-2/h11-12H,4-10H2,1-3H3. The van der Waals surface area contributed by atoms with Crippen molar-refractivity contribution in [1.29, 1.82) is 0 Å². The summed E-state index contributed by atoms with van der Waals surface area (Å²) in [5, 5.41) is 3.02. The molecule has 1 rings (SSSR count). The Balaban J connectivity index is 2.49. The smallest absolute Gasteiger partial charge is 0.281 e. The molecule has 0 atom stereocenters. The molecule has 0 saturated heterocycles. The summed E-state index contributed by atoms with van der Waals surface area (Å²) in [6, 6.07) is 0. The fourth-order valence-electron chi connectivity index (χ4n) is 1.77. The van der Waals surface area contributed by atoms with Gasteiger partial charge in [-0.2, -0.15) is 17.0 Å². The van der Waals surface area contributed by atoms with Crippen LogP contribution in [-0.4, -0.2) is 57.3 Å². The van der Waals surface area contributed by atoms with Gasteiger partial charge in [-0.3, -0.25) is 0 Å². The van der Waals surface area contributed by atoms with E-state index in [9.17, 15) is 8.42 Å². The first-order valence-electron chi connectivity index (χ1n) is 6.38. The largest absolute Gasteiger partial charge is 0.320 e. The number of hydrogen-bond donors (Lipinski definition) is 1. The zero-order chi connectivity index (χ0) is 12.9. The summed E-state index contributed by atoms with van der Waals surface area (Å²) in [6.07, 6.45) is 3.19. The van der Waals surface area contributed by atoms with E-state index in [1.54, 1.807) is 11.4 Å². The van der Waals surface area contributed by atoms with Crippen LogP contribution < -0.4 is 5.32 Å². The van der Waals surface area contributed by atoms with E-state index < -0.39 is 10.2 Å². The predicted octanol–water partition coefficient (Wildman–Crippen LogP) is 0.504. The van der Waals surface area contributed by atoms with Crippen LogP contribution in [0.2, 0.25) is 0 Å². The molecule has 0 aliphatic heterocycles. The Kier molecular flexibility index (Phi) is 5.85. The molecule has 0 spiro atoms. The van der Waals surface area contributed by atoms with Gasteiger partial charge in [-0.25, -0.2) is 0 Å². The predicted molar refractivity (Wildman–Crippen MR) is 70.1 cm³/mol. The van der Waals surface area contributed by atoms with Gasteiger partial charge in [0.15, 0.2) is 0 Å². The topological polar surface area (TPSA) is 52.7 Å². The third kappa shape index (κ3) is 4.54. The minimum atomic E-state index is -3.25. The molecular weight excluding hydrogens is 238 g/mol. The minimum Gasteiger partial charge on any atom is -0.320 e. The van der Waals surface area contributed by atoms with Gasteiger partial charge < -0.3 is 5.32 Å². The SMILES string of the molecule is CCN(CC1CC1)S(=O)(=O)N(C)CCCNC. The van der Waals surface area contributed by atoms with Gasteiger partial charge >= 0.3 is 0 Å². The maximum atomic E-state index is 12.3. The maximum absolute atomic E-state index is 12.3. The van der Waals surface area contributed by atoms with Crippen LogP contribution in [-0.2, 0) is 10.2 Å².